The third-order valence-electron chi connectivity index (χ3n) is 3.32. The molecule has 1 aliphatic heterocycles. The van der Waals surface area contributed by atoms with Gasteiger partial charge in [-0.25, -0.2) is 4.98 Å². The van der Waals surface area contributed by atoms with Crippen LogP contribution in [0.25, 0.3) is 11.4 Å². The fourth-order valence-corrected chi connectivity index (χ4v) is 2.97. The second-order valence-electron chi connectivity index (χ2n) is 4.75. The van der Waals surface area contributed by atoms with Gasteiger partial charge in [-0.05, 0) is 24.6 Å². The van der Waals surface area contributed by atoms with Gasteiger partial charge in [-0.3, -0.25) is 4.79 Å². The van der Waals surface area contributed by atoms with Gasteiger partial charge in [-0.15, -0.1) is 0 Å². The van der Waals surface area contributed by atoms with Gasteiger partial charge in [0.05, 0.1) is 11.3 Å². The predicted molar refractivity (Wildman–Crippen MR) is 78.1 cm³/mol. The summed E-state index contributed by atoms with van der Waals surface area (Å²) < 4.78 is 0.949. The van der Waals surface area contributed by atoms with Gasteiger partial charge in [0.2, 0.25) is 0 Å². The van der Waals surface area contributed by atoms with Crippen LogP contribution in [0.3, 0.4) is 0 Å². The van der Waals surface area contributed by atoms with Crippen molar-refractivity contribution in [3.05, 3.63) is 49.8 Å². The van der Waals surface area contributed by atoms with Gasteiger partial charge in [0.25, 0.3) is 5.56 Å². The lowest BCUT2D eigenvalue weighted by molar-refractivity contribution is 0.621. The standard InChI is InChI=1S/C14H14BrN3O/c1-8-2-3-9(11(15)6-8)13-17-12-4-5-16-7-10(12)14(19)18-13/h2-3,6,16H,4-5,7H2,1H3,(H,17,18,19). The lowest BCUT2D eigenvalue weighted by Crippen LogP contribution is -2.31. The monoisotopic (exact) mass is 319 g/mol. The molecule has 4 nitrogen and oxygen atoms in total. The second-order valence-corrected chi connectivity index (χ2v) is 5.60. The van der Waals surface area contributed by atoms with Gasteiger partial charge in [0.1, 0.15) is 5.82 Å². The van der Waals surface area contributed by atoms with Crippen LogP contribution in [0.4, 0.5) is 0 Å². The molecule has 0 aliphatic carbocycles. The number of nitrogens with one attached hydrogen (secondary N) is 2. The van der Waals surface area contributed by atoms with Crippen molar-refractivity contribution in [2.75, 3.05) is 6.54 Å². The number of halogens is 1. The summed E-state index contributed by atoms with van der Waals surface area (Å²) >= 11 is 3.53. The molecule has 0 saturated carbocycles. The first-order valence-corrected chi connectivity index (χ1v) is 7.04. The number of fused-ring (bicyclic) bond motifs is 1. The Morgan fingerprint density at radius 1 is 1.37 bits per heavy atom. The summed E-state index contributed by atoms with van der Waals surface area (Å²) in [4.78, 5) is 19.6. The largest absolute Gasteiger partial charge is 0.312 e. The number of aromatic nitrogens is 2. The Morgan fingerprint density at radius 2 is 2.21 bits per heavy atom. The van der Waals surface area contributed by atoms with E-state index in [-0.39, 0.29) is 5.56 Å². The number of benzene rings is 1. The maximum atomic E-state index is 12.1. The molecule has 5 heteroatoms. The average Bonchev–Trinajstić information content (AvgIpc) is 2.38. The third kappa shape index (κ3) is 2.35. The summed E-state index contributed by atoms with van der Waals surface area (Å²) in [5, 5.41) is 3.19. The van der Waals surface area contributed by atoms with E-state index >= 15 is 0 Å². The maximum absolute atomic E-state index is 12.1. The zero-order chi connectivity index (χ0) is 13.4. The number of hydrogen-bond donors (Lipinski definition) is 2. The second kappa shape index (κ2) is 4.90. The fraction of sp³-hybridized carbons (Fsp3) is 0.286. The molecule has 1 aromatic carbocycles. The van der Waals surface area contributed by atoms with Crippen LogP contribution >= 0.6 is 15.9 Å². The molecule has 2 aromatic rings. The third-order valence-corrected chi connectivity index (χ3v) is 3.98. The van der Waals surface area contributed by atoms with Crippen molar-refractivity contribution in [3.63, 3.8) is 0 Å². The molecule has 0 fully saturated rings. The van der Waals surface area contributed by atoms with Crippen LogP contribution in [-0.2, 0) is 13.0 Å². The van der Waals surface area contributed by atoms with Gasteiger partial charge in [0, 0.05) is 29.5 Å². The van der Waals surface area contributed by atoms with Crippen molar-refractivity contribution in [1.29, 1.82) is 0 Å². The van der Waals surface area contributed by atoms with E-state index in [4.69, 9.17) is 0 Å². The van der Waals surface area contributed by atoms with E-state index in [2.05, 4.69) is 31.2 Å². The SMILES string of the molecule is Cc1ccc(-c2nc3c(c(=O)[nH]2)CNCC3)c(Br)c1. The molecule has 19 heavy (non-hydrogen) atoms. The van der Waals surface area contributed by atoms with Crippen molar-refractivity contribution in [3.8, 4) is 11.4 Å². The first-order chi connectivity index (χ1) is 9.15. The number of H-pyrrole nitrogens is 1. The number of aromatic amines is 1. The summed E-state index contributed by atoms with van der Waals surface area (Å²) in [7, 11) is 0. The summed E-state index contributed by atoms with van der Waals surface area (Å²) in [5.74, 6) is 0.637. The van der Waals surface area contributed by atoms with Gasteiger partial charge >= 0.3 is 0 Å². The van der Waals surface area contributed by atoms with E-state index in [0.717, 1.165) is 34.3 Å². The van der Waals surface area contributed by atoms with Crippen LogP contribution in [0, 0.1) is 6.92 Å². The minimum atomic E-state index is -0.0420. The highest BCUT2D eigenvalue weighted by Gasteiger charge is 2.16. The lowest BCUT2D eigenvalue weighted by atomic mass is 10.1. The zero-order valence-corrected chi connectivity index (χ0v) is 12.2. The highest BCUT2D eigenvalue weighted by molar-refractivity contribution is 9.10. The summed E-state index contributed by atoms with van der Waals surface area (Å²) in [6.45, 7) is 3.51. The van der Waals surface area contributed by atoms with Gasteiger partial charge < -0.3 is 10.3 Å². The lowest BCUT2D eigenvalue weighted by Gasteiger charge is -2.16. The van der Waals surface area contributed by atoms with Crippen LogP contribution in [-0.4, -0.2) is 16.5 Å². The van der Waals surface area contributed by atoms with E-state index in [1.165, 1.54) is 5.56 Å². The van der Waals surface area contributed by atoms with Gasteiger partial charge in [-0.1, -0.05) is 22.0 Å². The van der Waals surface area contributed by atoms with Gasteiger partial charge in [0.15, 0.2) is 0 Å². The molecular formula is C14H14BrN3O. The van der Waals surface area contributed by atoms with E-state index in [0.29, 0.717) is 12.4 Å². The summed E-state index contributed by atoms with van der Waals surface area (Å²) in [5.41, 5.74) is 3.71. The molecular weight excluding hydrogens is 306 g/mol. The van der Waals surface area contributed by atoms with Crippen molar-refractivity contribution in [2.24, 2.45) is 0 Å². The fourth-order valence-electron chi connectivity index (χ4n) is 2.29. The number of aryl methyl sites for hydroxylation is 1. The molecule has 3 rings (SSSR count). The van der Waals surface area contributed by atoms with E-state index in [9.17, 15) is 4.79 Å². The molecule has 1 aliphatic rings. The van der Waals surface area contributed by atoms with Crippen LogP contribution in [0.5, 0.6) is 0 Å². The number of rotatable bonds is 1. The Labute approximate surface area is 119 Å². The van der Waals surface area contributed by atoms with Crippen molar-refractivity contribution >= 4 is 15.9 Å². The molecule has 2 heterocycles. The first kappa shape index (κ1) is 12.6. The Balaban J connectivity index is 2.15. The Hall–Kier alpha value is -1.46. The van der Waals surface area contributed by atoms with Crippen LogP contribution in [0.15, 0.2) is 27.5 Å². The summed E-state index contributed by atoms with van der Waals surface area (Å²) in [6, 6.07) is 6.02. The van der Waals surface area contributed by atoms with E-state index < -0.39 is 0 Å². The van der Waals surface area contributed by atoms with E-state index in [1.807, 2.05) is 25.1 Å². The topological polar surface area (TPSA) is 57.8 Å². The molecule has 0 unspecified atom stereocenters. The van der Waals surface area contributed by atoms with Crippen molar-refractivity contribution in [2.45, 2.75) is 19.9 Å². The molecule has 0 amide bonds. The molecule has 0 radical (unpaired) electrons. The van der Waals surface area contributed by atoms with Gasteiger partial charge in [-0.2, -0.15) is 0 Å². The van der Waals surface area contributed by atoms with Crippen LogP contribution < -0.4 is 10.9 Å². The van der Waals surface area contributed by atoms with Crippen LogP contribution in [0.2, 0.25) is 0 Å². The molecule has 0 spiro atoms. The molecule has 98 valence electrons. The van der Waals surface area contributed by atoms with Crippen molar-refractivity contribution < 1.29 is 0 Å². The molecule has 0 atom stereocenters. The highest BCUT2D eigenvalue weighted by atomic mass is 79.9. The Bertz CT molecular complexity index is 694. The summed E-state index contributed by atoms with van der Waals surface area (Å²) in [6.07, 6.45) is 0.801. The normalized spacial score (nSPS) is 14.2. The maximum Gasteiger partial charge on any atom is 0.255 e. The smallest absolute Gasteiger partial charge is 0.255 e. The van der Waals surface area contributed by atoms with E-state index in [1.54, 1.807) is 0 Å². The number of nitrogens with zero attached hydrogens (tertiary/aromatic N) is 1. The number of hydrogen-bond acceptors (Lipinski definition) is 3. The minimum absolute atomic E-state index is 0.0420. The average molecular weight is 320 g/mol. The molecule has 0 saturated heterocycles. The Kier molecular flexibility index (Phi) is 3.24. The Morgan fingerprint density at radius 3 is 3.00 bits per heavy atom. The first-order valence-electron chi connectivity index (χ1n) is 6.24. The highest BCUT2D eigenvalue weighted by Crippen LogP contribution is 2.26. The minimum Gasteiger partial charge on any atom is -0.312 e. The predicted octanol–water partition coefficient (Wildman–Crippen LogP) is 2.15. The molecule has 2 N–H and O–H groups in total. The van der Waals surface area contributed by atoms with Crippen LogP contribution in [0.1, 0.15) is 16.8 Å². The zero-order valence-electron chi connectivity index (χ0n) is 10.6. The molecule has 1 aromatic heterocycles. The quantitative estimate of drug-likeness (QED) is 0.846. The molecule has 0 bridgehead atoms. The van der Waals surface area contributed by atoms with Crippen molar-refractivity contribution in [1.82, 2.24) is 15.3 Å².